The van der Waals surface area contributed by atoms with Gasteiger partial charge in [0.1, 0.15) is 6.04 Å². The van der Waals surface area contributed by atoms with Gasteiger partial charge in [0.15, 0.2) is 0 Å². The van der Waals surface area contributed by atoms with Gasteiger partial charge in [-0.2, -0.15) is 0 Å². The highest BCUT2D eigenvalue weighted by atomic mass is 16.3. The third-order valence-electron chi connectivity index (χ3n) is 8.86. The lowest BCUT2D eigenvalue weighted by atomic mass is 9.83. The topological polar surface area (TPSA) is 82.8 Å². The van der Waals surface area contributed by atoms with E-state index < -0.39 is 12.0 Å². The van der Waals surface area contributed by atoms with E-state index >= 15 is 0 Å². The Morgan fingerprint density at radius 2 is 1.86 bits per heavy atom. The van der Waals surface area contributed by atoms with E-state index in [-0.39, 0.29) is 41.9 Å². The standard InChI is InChI=1S/C29H33N3O4/c1-2-6-19-11-12-24-25-22(16-31(24)27(19)34)23(17-33)26(32(25)28(35)20-9-5-10-20)29(36)30-14-13-18-7-3-4-8-21(18)15-30/h2-4,6-8,11-12,20,22-23,25-26,33H,5,9-10,13-17H2,1H3/b6-2-/t22-,23-,25+,26-/m0/s1. The normalized spacial score (nSPS) is 27.1. The molecule has 36 heavy (non-hydrogen) atoms. The van der Waals surface area contributed by atoms with Crippen molar-refractivity contribution in [2.75, 3.05) is 13.2 Å². The van der Waals surface area contributed by atoms with E-state index in [1.54, 1.807) is 15.5 Å². The molecule has 6 rings (SSSR count). The number of fused-ring (bicyclic) bond motifs is 4. The Labute approximate surface area is 211 Å². The molecule has 1 aromatic heterocycles. The quantitative estimate of drug-likeness (QED) is 0.719. The van der Waals surface area contributed by atoms with Crippen LogP contribution in [0.15, 0.2) is 47.3 Å². The second kappa shape index (κ2) is 9.04. The van der Waals surface area contributed by atoms with Crippen LogP contribution in [0.5, 0.6) is 0 Å². The monoisotopic (exact) mass is 487 g/mol. The van der Waals surface area contributed by atoms with Crippen LogP contribution in [0, 0.1) is 17.8 Å². The lowest BCUT2D eigenvalue weighted by Crippen LogP contribution is -2.54. The maximum Gasteiger partial charge on any atom is 0.258 e. The summed E-state index contributed by atoms with van der Waals surface area (Å²) in [6.45, 7) is 3.22. The van der Waals surface area contributed by atoms with Crippen molar-refractivity contribution in [3.05, 3.63) is 75.2 Å². The molecule has 2 fully saturated rings. The molecular formula is C29H33N3O4. The molecule has 7 nitrogen and oxygen atoms in total. The van der Waals surface area contributed by atoms with Crippen molar-refractivity contribution in [2.24, 2.45) is 17.8 Å². The molecule has 1 N–H and O–H groups in total. The second-order valence-electron chi connectivity index (χ2n) is 10.7. The number of benzene rings is 1. The summed E-state index contributed by atoms with van der Waals surface area (Å²) >= 11 is 0. The molecule has 2 amide bonds. The van der Waals surface area contributed by atoms with Gasteiger partial charge >= 0.3 is 0 Å². The number of carbonyl (C=O) groups is 2. The molecule has 0 spiro atoms. The molecule has 4 heterocycles. The third kappa shape index (κ3) is 3.47. The summed E-state index contributed by atoms with van der Waals surface area (Å²) in [4.78, 5) is 44.8. The number of hydrogen-bond donors (Lipinski definition) is 1. The van der Waals surface area contributed by atoms with Crippen molar-refractivity contribution in [2.45, 2.75) is 57.8 Å². The fraction of sp³-hybridized carbons (Fsp3) is 0.483. The average Bonchev–Trinajstić information content (AvgIpc) is 3.38. The molecule has 188 valence electrons. The number of aromatic nitrogens is 1. The highest BCUT2D eigenvalue weighted by Crippen LogP contribution is 2.51. The van der Waals surface area contributed by atoms with Crippen molar-refractivity contribution >= 4 is 17.9 Å². The maximum absolute atomic E-state index is 14.1. The first-order chi connectivity index (χ1) is 17.5. The van der Waals surface area contributed by atoms with Crippen molar-refractivity contribution in [3.63, 3.8) is 0 Å². The molecule has 1 aliphatic carbocycles. The fourth-order valence-corrected chi connectivity index (χ4v) is 6.77. The lowest BCUT2D eigenvalue weighted by molar-refractivity contribution is -0.151. The van der Waals surface area contributed by atoms with Crippen molar-refractivity contribution in [1.82, 2.24) is 14.4 Å². The molecule has 1 saturated heterocycles. The van der Waals surface area contributed by atoms with E-state index in [1.165, 1.54) is 5.56 Å². The summed E-state index contributed by atoms with van der Waals surface area (Å²) in [7, 11) is 0. The minimum Gasteiger partial charge on any atom is -0.396 e. The predicted octanol–water partition coefficient (Wildman–Crippen LogP) is 2.76. The molecule has 2 aromatic rings. The third-order valence-corrected chi connectivity index (χ3v) is 8.86. The number of amides is 2. The Morgan fingerprint density at radius 1 is 1.08 bits per heavy atom. The first-order valence-electron chi connectivity index (χ1n) is 13.2. The van der Waals surface area contributed by atoms with Gasteiger partial charge < -0.3 is 19.5 Å². The minimum absolute atomic E-state index is 0.00129. The van der Waals surface area contributed by atoms with E-state index in [0.29, 0.717) is 25.2 Å². The zero-order valence-electron chi connectivity index (χ0n) is 20.7. The smallest absolute Gasteiger partial charge is 0.258 e. The SMILES string of the molecule is C/C=C\c1ccc2n(c1=O)C[C@H]1[C@H](CO)[C@@H](C(=O)N3CCc4ccccc4C3)N(C(=O)C3CCC3)[C@@H]21. The number of carbonyl (C=O) groups excluding carboxylic acids is 2. The van der Waals surface area contributed by atoms with Crippen LogP contribution in [0.25, 0.3) is 6.08 Å². The molecule has 1 aromatic carbocycles. The zero-order chi connectivity index (χ0) is 25.0. The van der Waals surface area contributed by atoms with Gasteiger partial charge in [-0.1, -0.05) is 42.8 Å². The van der Waals surface area contributed by atoms with Crippen LogP contribution >= 0.6 is 0 Å². The first-order valence-corrected chi connectivity index (χ1v) is 13.2. The van der Waals surface area contributed by atoms with Gasteiger partial charge in [0.25, 0.3) is 5.56 Å². The zero-order valence-corrected chi connectivity index (χ0v) is 20.7. The summed E-state index contributed by atoms with van der Waals surface area (Å²) in [6, 6.07) is 10.9. The van der Waals surface area contributed by atoms with Crippen molar-refractivity contribution in [3.8, 4) is 0 Å². The number of pyridine rings is 1. The summed E-state index contributed by atoms with van der Waals surface area (Å²) in [5, 5.41) is 10.6. The van der Waals surface area contributed by atoms with E-state index in [0.717, 1.165) is 36.9 Å². The molecule has 3 aliphatic heterocycles. The second-order valence-corrected chi connectivity index (χ2v) is 10.7. The Bertz CT molecular complexity index is 1290. The molecular weight excluding hydrogens is 454 g/mol. The fourth-order valence-electron chi connectivity index (χ4n) is 6.77. The van der Waals surface area contributed by atoms with Crippen LogP contribution in [0.1, 0.15) is 54.6 Å². The number of rotatable bonds is 4. The minimum atomic E-state index is -0.706. The number of allylic oxidation sites excluding steroid dienone is 1. The number of aliphatic hydroxyl groups is 1. The average molecular weight is 488 g/mol. The molecule has 4 aliphatic rings. The van der Waals surface area contributed by atoms with Crippen LogP contribution in [0.3, 0.4) is 0 Å². The van der Waals surface area contributed by atoms with Gasteiger partial charge in [-0.05, 0) is 49.4 Å². The van der Waals surface area contributed by atoms with E-state index in [4.69, 9.17) is 0 Å². The van der Waals surface area contributed by atoms with Crippen LogP contribution in [-0.4, -0.2) is 50.5 Å². The molecule has 0 radical (unpaired) electrons. The Balaban J connectivity index is 1.39. The highest BCUT2D eigenvalue weighted by Gasteiger charge is 2.58. The summed E-state index contributed by atoms with van der Waals surface area (Å²) in [5.74, 6) is -0.734. The van der Waals surface area contributed by atoms with Gasteiger partial charge in [-0.25, -0.2) is 0 Å². The van der Waals surface area contributed by atoms with Gasteiger partial charge in [0.05, 0.1) is 6.04 Å². The van der Waals surface area contributed by atoms with Gasteiger partial charge in [-0.3, -0.25) is 14.4 Å². The summed E-state index contributed by atoms with van der Waals surface area (Å²) in [5.41, 5.74) is 3.71. The van der Waals surface area contributed by atoms with E-state index in [2.05, 4.69) is 12.1 Å². The van der Waals surface area contributed by atoms with Crippen LogP contribution in [0.2, 0.25) is 0 Å². The number of likely N-dealkylation sites (tertiary alicyclic amines) is 1. The van der Waals surface area contributed by atoms with Gasteiger partial charge in [0.2, 0.25) is 11.8 Å². The van der Waals surface area contributed by atoms with Crippen LogP contribution < -0.4 is 5.56 Å². The summed E-state index contributed by atoms with van der Waals surface area (Å²) in [6.07, 6.45) is 7.11. The van der Waals surface area contributed by atoms with E-state index in [9.17, 15) is 19.5 Å². The van der Waals surface area contributed by atoms with E-state index in [1.807, 2.05) is 42.2 Å². The molecule has 1 saturated carbocycles. The predicted molar refractivity (Wildman–Crippen MR) is 136 cm³/mol. The lowest BCUT2D eigenvalue weighted by Gasteiger charge is -2.39. The van der Waals surface area contributed by atoms with Crippen LogP contribution in [0.4, 0.5) is 0 Å². The van der Waals surface area contributed by atoms with Gasteiger partial charge in [0, 0.05) is 55.3 Å². The molecule has 0 bridgehead atoms. The maximum atomic E-state index is 14.1. The van der Waals surface area contributed by atoms with Crippen molar-refractivity contribution < 1.29 is 14.7 Å². The highest BCUT2D eigenvalue weighted by molar-refractivity contribution is 5.90. The molecule has 7 heteroatoms. The Kier molecular flexibility index (Phi) is 5.83. The number of hydrogen-bond acceptors (Lipinski definition) is 4. The number of aliphatic hydroxyl groups excluding tert-OH is 1. The summed E-state index contributed by atoms with van der Waals surface area (Å²) < 4.78 is 1.76. The Hall–Kier alpha value is -3.19. The Morgan fingerprint density at radius 3 is 2.56 bits per heavy atom. The molecule has 4 atom stereocenters. The van der Waals surface area contributed by atoms with Gasteiger partial charge in [-0.15, -0.1) is 0 Å². The van der Waals surface area contributed by atoms with Crippen molar-refractivity contribution in [1.29, 1.82) is 0 Å². The number of nitrogens with zero attached hydrogens (tertiary/aromatic N) is 3. The largest absolute Gasteiger partial charge is 0.396 e. The molecule has 0 unspecified atom stereocenters. The first kappa shape index (κ1) is 23.2. The van der Waals surface area contributed by atoms with Crippen LogP contribution in [-0.2, 0) is 29.1 Å².